The first-order valence-electron chi connectivity index (χ1n) is 7.22. The van der Waals surface area contributed by atoms with Gasteiger partial charge in [-0.15, -0.1) is 0 Å². The average molecular weight is 273 g/mol. The maximum absolute atomic E-state index is 5.93. The van der Waals surface area contributed by atoms with Crippen molar-refractivity contribution in [2.75, 3.05) is 0 Å². The fourth-order valence-corrected chi connectivity index (χ4v) is 2.03. The molecule has 0 aliphatic carbocycles. The van der Waals surface area contributed by atoms with Crippen molar-refractivity contribution in [1.82, 2.24) is 4.98 Å². The zero-order valence-corrected chi connectivity index (χ0v) is 13.3. The number of hydrogen-bond donors (Lipinski definition) is 0. The summed E-state index contributed by atoms with van der Waals surface area (Å²) in [7, 11) is -0.315. The molecule has 3 nitrogen and oxygen atoms in total. The van der Waals surface area contributed by atoms with Gasteiger partial charge in [-0.25, -0.2) is 0 Å². The van der Waals surface area contributed by atoms with Gasteiger partial charge in [0.25, 0.3) is 0 Å². The second kappa shape index (κ2) is 5.34. The van der Waals surface area contributed by atoms with E-state index >= 15 is 0 Å². The fraction of sp³-hybridized carbons (Fsp3) is 0.562. The molecule has 0 aromatic carbocycles. The third-order valence-electron chi connectivity index (χ3n) is 4.08. The van der Waals surface area contributed by atoms with Gasteiger partial charge in [0.1, 0.15) is 0 Å². The minimum Gasteiger partial charge on any atom is -0.400 e. The van der Waals surface area contributed by atoms with Crippen LogP contribution in [0, 0.1) is 0 Å². The molecule has 1 aliphatic rings. The molecule has 2 heterocycles. The SMILES string of the molecule is CC(C)c1cccc(/C=C/B2OC(C)(C)C(C)(C)O2)n1. The van der Waals surface area contributed by atoms with Gasteiger partial charge in [-0.3, -0.25) is 4.98 Å². The van der Waals surface area contributed by atoms with Crippen LogP contribution in [0.25, 0.3) is 6.08 Å². The highest BCUT2D eigenvalue weighted by molar-refractivity contribution is 6.52. The molecule has 1 saturated heterocycles. The standard InChI is InChI=1S/C16H24BNO2/c1-12(2)14-9-7-8-13(18-14)10-11-17-19-15(3,4)16(5,6)20-17/h7-12H,1-6H3/b11-10+. The highest BCUT2D eigenvalue weighted by Gasteiger charge is 2.49. The Hall–Kier alpha value is -1.13. The lowest BCUT2D eigenvalue weighted by Crippen LogP contribution is -2.41. The van der Waals surface area contributed by atoms with Crippen LogP contribution in [-0.2, 0) is 9.31 Å². The van der Waals surface area contributed by atoms with Gasteiger partial charge in [0.2, 0.25) is 0 Å². The van der Waals surface area contributed by atoms with E-state index < -0.39 is 0 Å². The molecule has 108 valence electrons. The second-order valence-electron chi connectivity index (χ2n) is 6.63. The van der Waals surface area contributed by atoms with Crippen molar-refractivity contribution in [3.63, 3.8) is 0 Å². The van der Waals surface area contributed by atoms with E-state index in [1.165, 1.54) is 0 Å². The Kier molecular flexibility index (Phi) is 4.08. The number of aromatic nitrogens is 1. The Balaban J connectivity index is 2.10. The summed E-state index contributed by atoms with van der Waals surface area (Å²) in [4.78, 5) is 4.61. The molecule has 2 rings (SSSR count). The van der Waals surface area contributed by atoms with Crippen molar-refractivity contribution in [3.8, 4) is 0 Å². The fourth-order valence-electron chi connectivity index (χ4n) is 2.03. The molecule has 1 aliphatic heterocycles. The Morgan fingerprint density at radius 2 is 1.70 bits per heavy atom. The summed E-state index contributed by atoms with van der Waals surface area (Å²) >= 11 is 0. The molecule has 0 radical (unpaired) electrons. The summed E-state index contributed by atoms with van der Waals surface area (Å²) in [6, 6.07) is 6.08. The highest BCUT2D eigenvalue weighted by Crippen LogP contribution is 2.36. The predicted molar refractivity (Wildman–Crippen MR) is 83.4 cm³/mol. The largest absolute Gasteiger partial charge is 0.487 e. The van der Waals surface area contributed by atoms with Crippen molar-refractivity contribution in [2.45, 2.75) is 58.7 Å². The van der Waals surface area contributed by atoms with Gasteiger partial charge in [-0.1, -0.05) is 25.9 Å². The van der Waals surface area contributed by atoms with Crippen LogP contribution in [0.15, 0.2) is 24.2 Å². The molecule has 0 amide bonds. The summed E-state index contributed by atoms with van der Waals surface area (Å²) in [6.45, 7) is 12.5. The Morgan fingerprint density at radius 3 is 2.25 bits per heavy atom. The van der Waals surface area contributed by atoms with E-state index in [9.17, 15) is 0 Å². The second-order valence-corrected chi connectivity index (χ2v) is 6.63. The van der Waals surface area contributed by atoms with E-state index in [4.69, 9.17) is 9.31 Å². The molecule has 1 aromatic rings. The van der Waals surface area contributed by atoms with Gasteiger partial charge in [0.05, 0.1) is 16.9 Å². The summed E-state index contributed by atoms with van der Waals surface area (Å²) in [5.74, 6) is 2.36. The first-order valence-corrected chi connectivity index (χ1v) is 7.22. The molecule has 20 heavy (non-hydrogen) atoms. The van der Waals surface area contributed by atoms with Crippen molar-refractivity contribution < 1.29 is 9.31 Å². The zero-order chi connectivity index (χ0) is 15.0. The van der Waals surface area contributed by atoms with E-state index in [0.717, 1.165) is 11.4 Å². The van der Waals surface area contributed by atoms with Crippen LogP contribution in [0.4, 0.5) is 0 Å². The first-order chi connectivity index (χ1) is 9.21. The summed E-state index contributed by atoms with van der Waals surface area (Å²) in [6.07, 6.45) is 1.97. The van der Waals surface area contributed by atoms with E-state index in [2.05, 4.69) is 52.6 Å². The molecule has 4 heteroatoms. The van der Waals surface area contributed by atoms with Crippen LogP contribution in [0.5, 0.6) is 0 Å². The van der Waals surface area contributed by atoms with E-state index in [1.807, 2.05) is 24.2 Å². The van der Waals surface area contributed by atoms with Crippen LogP contribution < -0.4 is 0 Å². The van der Waals surface area contributed by atoms with Gasteiger partial charge >= 0.3 is 7.12 Å². The summed E-state index contributed by atoms with van der Waals surface area (Å²) < 4.78 is 11.9. The maximum atomic E-state index is 5.93. The number of nitrogens with zero attached hydrogens (tertiary/aromatic N) is 1. The smallest absolute Gasteiger partial charge is 0.400 e. The Bertz CT molecular complexity index is 493. The summed E-state index contributed by atoms with van der Waals surface area (Å²) in [5.41, 5.74) is 1.44. The lowest BCUT2D eigenvalue weighted by molar-refractivity contribution is 0.00578. The molecule has 0 spiro atoms. The molecule has 0 unspecified atom stereocenters. The molecular weight excluding hydrogens is 249 g/mol. The van der Waals surface area contributed by atoms with Crippen molar-refractivity contribution in [1.29, 1.82) is 0 Å². The van der Waals surface area contributed by atoms with Crippen LogP contribution in [0.2, 0.25) is 0 Å². The predicted octanol–water partition coefficient (Wildman–Crippen LogP) is 3.85. The minimum absolute atomic E-state index is 0.296. The van der Waals surface area contributed by atoms with Gasteiger partial charge in [-0.05, 0) is 51.8 Å². The zero-order valence-electron chi connectivity index (χ0n) is 13.3. The van der Waals surface area contributed by atoms with Crippen LogP contribution in [0.3, 0.4) is 0 Å². The highest BCUT2D eigenvalue weighted by atomic mass is 16.7. The lowest BCUT2D eigenvalue weighted by Gasteiger charge is -2.32. The van der Waals surface area contributed by atoms with Crippen LogP contribution >= 0.6 is 0 Å². The van der Waals surface area contributed by atoms with Crippen molar-refractivity contribution >= 4 is 13.2 Å². The molecule has 0 atom stereocenters. The van der Waals surface area contributed by atoms with Crippen molar-refractivity contribution in [3.05, 3.63) is 35.6 Å². The monoisotopic (exact) mass is 273 g/mol. The van der Waals surface area contributed by atoms with E-state index in [-0.39, 0.29) is 18.3 Å². The molecule has 0 N–H and O–H groups in total. The van der Waals surface area contributed by atoms with Crippen molar-refractivity contribution in [2.24, 2.45) is 0 Å². The van der Waals surface area contributed by atoms with Crippen LogP contribution in [-0.4, -0.2) is 23.3 Å². The van der Waals surface area contributed by atoms with E-state index in [1.54, 1.807) is 0 Å². The minimum atomic E-state index is -0.315. The Morgan fingerprint density at radius 1 is 1.10 bits per heavy atom. The van der Waals surface area contributed by atoms with Gasteiger partial charge in [0, 0.05) is 5.69 Å². The normalized spacial score (nSPS) is 21.1. The third-order valence-corrected chi connectivity index (χ3v) is 4.08. The Labute approximate surface area is 122 Å². The quantitative estimate of drug-likeness (QED) is 0.784. The van der Waals surface area contributed by atoms with Gasteiger partial charge in [-0.2, -0.15) is 0 Å². The topological polar surface area (TPSA) is 31.4 Å². The van der Waals surface area contributed by atoms with Gasteiger partial charge in [0.15, 0.2) is 0 Å². The van der Waals surface area contributed by atoms with Crippen LogP contribution in [0.1, 0.15) is 58.8 Å². The summed E-state index contributed by atoms with van der Waals surface area (Å²) in [5, 5.41) is 0. The number of rotatable bonds is 3. The van der Waals surface area contributed by atoms with Gasteiger partial charge < -0.3 is 9.31 Å². The van der Waals surface area contributed by atoms with E-state index in [0.29, 0.717) is 5.92 Å². The average Bonchev–Trinajstić information content (AvgIpc) is 2.56. The molecular formula is C16H24BNO2. The molecule has 0 saturated carbocycles. The number of hydrogen-bond acceptors (Lipinski definition) is 3. The lowest BCUT2D eigenvalue weighted by atomic mass is 9.89. The first kappa shape index (κ1) is 15.3. The third kappa shape index (κ3) is 3.13. The molecule has 1 fully saturated rings. The molecule has 0 bridgehead atoms. The maximum Gasteiger partial charge on any atom is 0.487 e. The number of pyridine rings is 1. The molecule has 1 aromatic heterocycles.